The van der Waals surface area contributed by atoms with Crippen LogP contribution in [0.2, 0.25) is 0 Å². The van der Waals surface area contributed by atoms with Gasteiger partial charge in [0.1, 0.15) is 11.5 Å². The quantitative estimate of drug-likeness (QED) is 0.943. The van der Waals surface area contributed by atoms with Gasteiger partial charge in [0, 0.05) is 13.0 Å². The summed E-state index contributed by atoms with van der Waals surface area (Å²) in [5.74, 6) is -0.0239. The maximum absolute atomic E-state index is 13.9. The van der Waals surface area contributed by atoms with Crippen LogP contribution < -0.4 is 5.32 Å². The molecule has 3 rings (SSSR count). The van der Waals surface area contributed by atoms with Crippen molar-refractivity contribution in [3.05, 3.63) is 41.0 Å². The monoisotopic (exact) mass is 289 g/mol. The smallest absolute Gasteiger partial charge is 0.155 e. The predicted molar refractivity (Wildman–Crippen MR) is 71.5 cm³/mol. The summed E-state index contributed by atoms with van der Waals surface area (Å²) in [6, 6.07) is 3.34. The van der Waals surface area contributed by atoms with Crippen molar-refractivity contribution in [2.75, 3.05) is 5.32 Å². The number of fused-ring (bicyclic) bond motifs is 1. The Bertz CT molecular complexity index is 708. The second-order valence-corrected chi connectivity index (χ2v) is 5.02. The van der Waals surface area contributed by atoms with Crippen molar-refractivity contribution < 1.29 is 8.78 Å². The van der Waals surface area contributed by atoms with Crippen LogP contribution in [0.4, 0.5) is 14.5 Å². The number of hydrogen-bond acceptors (Lipinski definition) is 4. The second kappa shape index (κ2) is 5.13. The van der Waals surface area contributed by atoms with Crippen molar-refractivity contribution >= 4 is 5.69 Å². The van der Waals surface area contributed by atoms with Gasteiger partial charge in [-0.05, 0) is 25.5 Å². The molecule has 1 aliphatic rings. The Labute approximate surface area is 120 Å². The van der Waals surface area contributed by atoms with E-state index in [0.29, 0.717) is 5.82 Å². The molecular weight excluding hydrogens is 276 g/mol. The first-order chi connectivity index (χ1) is 10.1. The highest BCUT2D eigenvalue weighted by Gasteiger charge is 2.23. The number of anilines is 1. The zero-order valence-electron chi connectivity index (χ0n) is 11.4. The highest BCUT2D eigenvalue weighted by atomic mass is 19.1. The molecule has 0 aliphatic carbocycles. The Balaban J connectivity index is 1.88. The van der Waals surface area contributed by atoms with E-state index in [4.69, 9.17) is 5.26 Å². The third kappa shape index (κ3) is 2.33. The third-order valence-electron chi connectivity index (χ3n) is 3.56. The molecule has 1 aliphatic heterocycles. The van der Waals surface area contributed by atoms with Gasteiger partial charge in [0.05, 0.1) is 17.7 Å². The number of rotatable bonds is 3. The molecule has 0 amide bonds. The summed E-state index contributed by atoms with van der Waals surface area (Å²) in [6.45, 7) is 2.59. The minimum Gasteiger partial charge on any atom is -0.371 e. The van der Waals surface area contributed by atoms with E-state index in [2.05, 4.69) is 15.5 Å². The average Bonchev–Trinajstić information content (AvgIpc) is 3.04. The largest absolute Gasteiger partial charge is 0.371 e. The van der Waals surface area contributed by atoms with Crippen LogP contribution in [-0.2, 0) is 13.0 Å². The molecule has 5 nitrogen and oxygen atoms in total. The Morgan fingerprint density at radius 1 is 1.33 bits per heavy atom. The summed E-state index contributed by atoms with van der Waals surface area (Å²) in [4.78, 5) is 0. The van der Waals surface area contributed by atoms with Gasteiger partial charge in [-0.15, -0.1) is 10.2 Å². The summed E-state index contributed by atoms with van der Waals surface area (Å²) in [5, 5.41) is 19.6. The van der Waals surface area contributed by atoms with Gasteiger partial charge in [-0.2, -0.15) is 5.26 Å². The molecule has 0 bridgehead atoms. The van der Waals surface area contributed by atoms with Gasteiger partial charge in [0.25, 0.3) is 0 Å². The maximum Gasteiger partial charge on any atom is 0.155 e. The van der Waals surface area contributed by atoms with E-state index in [1.54, 1.807) is 13.0 Å². The second-order valence-electron chi connectivity index (χ2n) is 5.02. The number of halogens is 2. The molecule has 1 atom stereocenters. The minimum absolute atomic E-state index is 0.0495. The van der Waals surface area contributed by atoms with E-state index in [9.17, 15) is 8.78 Å². The first kappa shape index (κ1) is 13.5. The SMILES string of the molecule is C[C@@H](Nc1c(F)cc(C#N)cc1F)c1nnc2n1CCC2. The molecule has 21 heavy (non-hydrogen) atoms. The Hall–Kier alpha value is -2.49. The van der Waals surface area contributed by atoms with Crippen LogP contribution in [0.5, 0.6) is 0 Å². The van der Waals surface area contributed by atoms with Crippen molar-refractivity contribution in [1.82, 2.24) is 14.8 Å². The van der Waals surface area contributed by atoms with Crippen molar-refractivity contribution in [3.8, 4) is 6.07 Å². The van der Waals surface area contributed by atoms with Crippen LogP contribution in [0, 0.1) is 23.0 Å². The lowest BCUT2D eigenvalue weighted by Crippen LogP contribution is -2.15. The highest BCUT2D eigenvalue weighted by molar-refractivity contribution is 5.51. The number of nitriles is 1. The van der Waals surface area contributed by atoms with Gasteiger partial charge in [0.2, 0.25) is 0 Å². The summed E-state index contributed by atoms with van der Waals surface area (Å²) < 4.78 is 29.7. The first-order valence-electron chi connectivity index (χ1n) is 6.68. The molecule has 2 aromatic rings. The fourth-order valence-electron chi connectivity index (χ4n) is 2.55. The fraction of sp³-hybridized carbons (Fsp3) is 0.357. The van der Waals surface area contributed by atoms with Crippen LogP contribution in [0.15, 0.2) is 12.1 Å². The maximum atomic E-state index is 13.9. The normalized spacial score (nSPS) is 14.6. The first-order valence-corrected chi connectivity index (χ1v) is 6.68. The summed E-state index contributed by atoms with van der Waals surface area (Å²) in [5.41, 5.74) is -0.302. The Morgan fingerprint density at radius 3 is 2.71 bits per heavy atom. The molecule has 1 aromatic carbocycles. The molecule has 0 spiro atoms. The topological polar surface area (TPSA) is 66.5 Å². The third-order valence-corrected chi connectivity index (χ3v) is 3.56. The molecule has 0 radical (unpaired) electrons. The molecule has 108 valence electrons. The fourth-order valence-corrected chi connectivity index (χ4v) is 2.55. The van der Waals surface area contributed by atoms with E-state index in [1.165, 1.54) is 0 Å². The number of nitrogens with one attached hydrogen (secondary N) is 1. The van der Waals surface area contributed by atoms with Crippen LogP contribution in [0.25, 0.3) is 0 Å². The van der Waals surface area contributed by atoms with E-state index < -0.39 is 11.6 Å². The average molecular weight is 289 g/mol. The summed E-state index contributed by atoms with van der Waals surface area (Å²) in [7, 11) is 0. The Morgan fingerprint density at radius 2 is 2.05 bits per heavy atom. The highest BCUT2D eigenvalue weighted by Crippen LogP contribution is 2.26. The van der Waals surface area contributed by atoms with Crippen molar-refractivity contribution in [3.63, 3.8) is 0 Å². The summed E-state index contributed by atoms with van der Waals surface area (Å²) in [6.07, 6.45) is 1.88. The number of benzene rings is 1. The van der Waals surface area contributed by atoms with Gasteiger partial charge < -0.3 is 9.88 Å². The zero-order chi connectivity index (χ0) is 15.0. The van der Waals surface area contributed by atoms with Crippen molar-refractivity contribution in [2.24, 2.45) is 0 Å². The molecule has 7 heteroatoms. The van der Waals surface area contributed by atoms with Gasteiger partial charge in [-0.25, -0.2) is 8.78 Å². The molecule has 0 fully saturated rings. The Kier molecular flexibility index (Phi) is 3.29. The van der Waals surface area contributed by atoms with Gasteiger partial charge in [-0.1, -0.05) is 0 Å². The number of nitrogens with zero attached hydrogens (tertiary/aromatic N) is 4. The lowest BCUT2D eigenvalue weighted by atomic mass is 10.2. The molecule has 1 aromatic heterocycles. The van der Waals surface area contributed by atoms with Gasteiger partial charge in [-0.3, -0.25) is 0 Å². The predicted octanol–water partition coefficient (Wildman–Crippen LogP) is 2.55. The molecule has 1 N–H and O–H groups in total. The van der Waals surface area contributed by atoms with Crippen LogP contribution in [0.3, 0.4) is 0 Å². The van der Waals surface area contributed by atoms with Gasteiger partial charge >= 0.3 is 0 Å². The van der Waals surface area contributed by atoms with E-state index >= 15 is 0 Å². The lowest BCUT2D eigenvalue weighted by Gasteiger charge is -2.16. The molecule has 2 heterocycles. The summed E-state index contributed by atoms with van der Waals surface area (Å²) >= 11 is 0. The van der Waals surface area contributed by atoms with Crippen molar-refractivity contribution in [1.29, 1.82) is 5.26 Å². The number of hydrogen-bond donors (Lipinski definition) is 1. The number of aromatic nitrogens is 3. The van der Waals surface area contributed by atoms with E-state index in [-0.39, 0.29) is 17.3 Å². The van der Waals surface area contributed by atoms with Gasteiger partial charge in [0.15, 0.2) is 17.5 Å². The van der Waals surface area contributed by atoms with Crippen LogP contribution in [0.1, 0.15) is 36.6 Å². The molecular formula is C14H13F2N5. The molecule has 0 unspecified atom stereocenters. The van der Waals surface area contributed by atoms with Crippen molar-refractivity contribution in [2.45, 2.75) is 32.4 Å². The standard InChI is InChI=1S/C14H13F2N5/c1-8(14-20-19-12-3-2-4-21(12)14)18-13-10(15)5-9(7-17)6-11(13)16/h5-6,8,18H,2-4H2,1H3/t8-/m1/s1. The molecule has 0 saturated carbocycles. The van der Waals surface area contributed by atoms with Crippen LogP contribution in [-0.4, -0.2) is 14.8 Å². The minimum atomic E-state index is -0.792. The van der Waals surface area contributed by atoms with E-state index in [1.807, 2.05) is 4.57 Å². The van der Waals surface area contributed by atoms with E-state index in [0.717, 1.165) is 37.3 Å². The number of aryl methyl sites for hydroxylation is 1. The molecule has 0 saturated heterocycles. The lowest BCUT2D eigenvalue weighted by molar-refractivity contribution is 0.578. The zero-order valence-corrected chi connectivity index (χ0v) is 11.4. The van der Waals surface area contributed by atoms with Crippen LogP contribution >= 0.6 is 0 Å².